The van der Waals surface area contributed by atoms with E-state index in [0.29, 0.717) is 22.6 Å². The van der Waals surface area contributed by atoms with Crippen LogP contribution >= 0.6 is 0 Å². The van der Waals surface area contributed by atoms with Crippen LogP contribution in [0, 0.1) is 12.8 Å². The molecule has 0 radical (unpaired) electrons. The number of carboxylic acids is 1. The summed E-state index contributed by atoms with van der Waals surface area (Å²) in [7, 11) is 0. The number of para-hydroxylation sites is 1. The van der Waals surface area contributed by atoms with Crippen LogP contribution in [-0.2, 0) is 19.2 Å². The summed E-state index contributed by atoms with van der Waals surface area (Å²) < 4.78 is 0. The van der Waals surface area contributed by atoms with Crippen molar-refractivity contribution in [3.05, 3.63) is 89.6 Å². The van der Waals surface area contributed by atoms with Crippen molar-refractivity contribution >= 4 is 35.2 Å². The average molecular weight is 501 g/mol. The topological polar surface area (TPSA) is 129 Å². The first-order chi connectivity index (χ1) is 17.8. The highest BCUT2D eigenvalue weighted by Gasteiger charge is 2.59. The normalized spacial score (nSPS) is 20.7. The summed E-state index contributed by atoms with van der Waals surface area (Å²) >= 11 is 0. The Morgan fingerprint density at radius 1 is 1.00 bits per heavy atom. The van der Waals surface area contributed by atoms with Crippen molar-refractivity contribution in [1.29, 1.82) is 0 Å². The Kier molecular flexibility index (Phi) is 6.41. The Labute approximate surface area is 212 Å². The summed E-state index contributed by atoms with van der Waals surface area (Å²) in [6.45, 7) is 1.60. The van der Waals surface area contributed by atoms with Crippen molar-refractivity contribution < 1.29 is 29.1 Å². The first-order valence-electron chi connectivity index (χ1n) is 11.8. The van der Waals surface area contributed by atoms with Gasteiger partial charge in [-0.05, 0) is 48.9 Å². The molecular weight excluding hydrogens is 476 g/mol. The van der Waals surface area contributed by atoms with Gasteiger partial charge in [0.05, 0.1) is 18.2 Å². The third kappa shape index (κ3) is 4.66. The van der Waals surface area contributed by atoms with Gasteiger partial charge in [0.1, 0.15) is 11.7 Å². The van der Waals surface area contributed by atoms with E-state index in [1.807, 2.05) is 31.2 Å². The zero-order valence-electron chi connectivity index (χ0n) is 19.9. The van der Waals surface area contributed by atoms with E-state index < -0.39 is 35.8 Å². The minimum Gasteiger partial charge on any atom is -0.481 e. The molecule has 3 atom stereocenters. The SMILES string of the molecule is Cc1cccc(NC(=O)c2cccc([C@@H]3[C@H]4C(=O)N(CCC(=O)O)C(=O)[C@H]4ON3c3ccccc3)c2)n1. The lowest BCUT2D eigenvalue weighted by Gasteiger charge is -2.28. The van der Waals surface area contributed by atoms with Crippen LogP contribution in [0.5, 0.6) is 0 Å². The van der Waals surface area contributed by atoms with Gasteiger partial charge >= 0.3 is 5.97 Å². The molecule has 37 heavy (non-hydrogen) atoms. The number of aromatic nitrogens is 1. The number of nitrogens with zero attached hydrogens (tertiary/aromatic N) is 3. The van der Waals surface area contributed by atoms with Gasteiger partial charge in [-0.2, -0.15) is 0 Å². The van der Waals surface area contributed by atoms with Crippen LogP contribution in [0.3, 0.4) is 0 Å². The Balaban J connectivity index is 1.49. The maximum atomic E-state index is 13.4. The zero-order valence-corrected chi connectivity index (χ0v) is 19.9. The van der Waals surface area contributed by atoms with E-state index in [1.165, 1.54) is 5.06 Å². The van der Waals surface area contributed by atoms with Crippen LogP contribution in [0.4, 0.5) is 11.5 Å². The average Bonchev–Trinajstić information content (AvgIpc) is 3.39. The molecule has 0 aliphatic carbocycles. The van der Waals surface area contributed by atoms with E-state index in [2.05, 4.69) is 10.3 Å². The number of carbonyl (C=O) groups is 4. The number of rotatable bonds is 7. The van der Waals surface area contributed by atoms with Crippen molar-refractivity contribution in [3.63, 3.8) is 0 Å². The quantitative estimate of drug-likeness (QED) is 0.474. The summed E-state index contributed by atoms with van der Waals surface area (Å²) in [6.07, 6.45) is -1.45. The molecule has 188 valence electrons. The largest absolute Gasteiger partial charge is 0.481 e. The molecule has 10 heteroatoms. The number of carbonyl (C=O) groups excluding carboxylic acids is 3. The van der Waals surface area contributed by atoms with E-state index in [9.17, 15) is 19.2 Å². The fourth-order valence-corrected chi connectivity index (χ4v) is 4.70. The highest BCUT2D eigenvalue weighted by Crippen LogP contribution is 2.46. The van der Waals surface area contributed by atoms with Gasteiger partial charge in [0.25, 0.3) is 11.8 Å². The number of likely N-dealkylation sites (tertiary alicyclic amines) is 1. The van der Waals surface area contributed by atoms with Crippen molar-refractivity contribution in [3.8, 4) is 0 Å². The number of aliphatic carboxylic acids is 1. The predicted octanol–water partition coefficient (Wildman–Crippen LogP) is 2.96. The molecule has 0 spiro atoms. The van der Waals surface area contributed by atoms with Gasteiger partial charge in [-0.3, -0.25) is 28.9 Å². The number of amides is 3. The number of fused-ring (bicyclic) bond motifs is 1. The Morgan fingerprint density at radius 2 is 1.76 bits per heavy atom. The molecule has 0 saturated carbocycles. The van der Waals surface area contributed by atoms with Crippen molar-refractivity contribution in [1.82, 2.24) is 9.88 Å². The van der Waals surface area contributed by atoms with Crippen molar-refractivity contribution in [2.24, 2.45) is 5.92 Å². The van der Waals surface area contributed by atoms with Crippen molar-refractivity contribution in [2.75, 3.05) is 16.9 Å². The number of nitrogens with one attached hydrogen (secondary N) is 1. The second-order valence-electron chi connectivity index (χ2n) is 8.87. The Morgan fingerprint density at radius 3 is 2.49 bits per heavy atom. The molecule has 10 nitrogen and oxygen atoms in total. The number of carboxylic acid groups (broad SMARTS) is 1. The molecule has 2 aromatic carbocycles. The molecule has 0 unspecified atom stereocenters. The molecule has 3 aromatic rings. The molecule has 5 rings (SSSR count). The number of benzene rings is 2. The number of pyridine rings is 1. The highest BCUT2D eigenvalue weighted by molar-refractivity contribution is 6.08. The van der Waals surface area contributed by atoms with Crippen LogP contribution in [0.1, 0.15) is 34.1 Å². The number of aryl methyl sites for hydroxylation is 1. The van der Waals surface area contributed by atoms with E-state index in [0.717, 1.165) is 10.6 Å². The lowest BCUT2D eigenvalue weighted by atomic mass is 9.89. The maximum absolute atomic E-state index is 13.4. The number of hydroxylamine groups is 1. The van der Waals surface area contributed by atoms with Crippen LogP contribution in [-0.4, -0.2) is 51.3 Å². The lowest BCUT2D eigenvalue weighted by Crippen LogP contribution is -2.38. The van der Waals surface area contributed by atoms with E-state index in [4.69, 9.17) is 9.94 Å². The summed E-state index contributed by atoms with van der Waals surface area (Å²) in [5.41, 5.74) is 2.34. The molecular formula is C27H24N4O6. The molecule has 0 bridgehead atoms. The third-order valence-corrected chi connectivity index (χ3v) is 6.39. The first-order valence-corrected chi connectivity index (χ1v) is 11.8. The molecule has 3 heterocycles. The van der Waals surface area contributed by atoms with Crippen LogP contribution < -0.4 is 10.4 Å². The smallest absolute Gasteiger partial charge is 0.305 e. The molecule has 1 aromatic heterocycles. The minimum atomic E-state index is -1.11. The van der Waals surface area contributed by atoms with Gasteiger partial charge in [0, 0.05) is 17.8 Å². The van der Waals surface area contributed by atoms with Crippen LogP contribution in [0.2, 0.25) is 0 Å². The lowest BCUT2D eigenvalue weighted by molar-refractivity contribution is -0.144. The Hall–Kier alpha value is -4.57. The molecule has 2 aliphatic rings. The van der Waals surface area contributed by atoms with Crippen LogP contribution in [0.15, 0.2) is 72.8 Å². The fraction of sp³-hybridized carbons (Fsp3) is 0.222. The third-order valence-electron chi connectivity index (χ3n) is 6.39. The zero-order chi connectivity index (χ0) is 26.1. The standard InChI is InChI=1S/C27H24N4O6/c1-16-7-5-12-20(28-16)29-25(34)18-9-6-8-17(15-18)23-22-24(37-31(23)19-10-3-2-4-11-19)27(36)30(26(22)35)14-13-21(32)33/h2-12,15,22-24H,13-14H2,1H3,(H,32,33)(H,28,29,34)/t22-,23-,24+/m1/s1. The second kappa shape index (κ2) is 9.82. The van der Waals surface area contributed by atoms with Crippen molar-refractivity contribution in [2.45, 2.75) is 25.5 Å². The van der Waals surface area contributed by atoms with Gasteiger partial charge < -0.3 is 10.4 Å². The van der Waals surface area contributed by atoms with E-state index in [-0.39, 0.29) is 18.9 Å². The van der Waals surface area contributed by atoms with Gasteiger partial charge in [0.15, 0.2) is 6.10 Å². The van der Waals surface area contributed by atoms with Gasteiger partial charge in [-0.15, -0.1) is 0 Å². The second-order valence-corrected chi connectivity index (χ2v) is 8.87. The summed E-state index contributed by atoms with van der Waals surface area (Å²) in [5, 5.41) is 13.3. The Bertz CT molecular complexity index is 1380. The number of anilines is 2. The highest BCUT2D eigenvalue weighted by atomic mass is 16.7. The molecule has 2 fully saturated rings. The number of imide groups is 1. The molecule has 2 saturated heterocycles. The maximum Gasteiger partial charge on any atom is 0.305 e. The molecule has 2 aliphatic heterocycles. The minimum absolute atomic E-state index is 0.229. The fourth-order valence-electron chi connectivity index (χ4n) is 4.70. The summed E-state index contributed by atoms with van der Waals surface area (Å²) in [5.74, 6) is -3.05. The summed E-state index contributed by atoms with van der Waals surface area (Å²) in [6, 6.07) is 20.4. The monoisotopic (exact) mass is 500 g/mol. The molecule has 3 amide bonds. The van der Waals surface area contributed by atoms with Gasteiger partial charge in [0.2, 0.25) is 5.91 Å². The van der Waals surface area contributed by atoms with Crippen LogP contribution in [0.25, 0.3) is 0 Å². The first kappa shape index (κ1) is 24.1. The summed E-state index contributed by atoms with van der Waals surface area (Å²) in [4.78, 5) is 61.8. The van der Waals surface area contributed by atoms with Gasteiger partial charge in [-0.25, -0.2) is 10.0 Å². The van der Waals surface area contributed by atoms with E-state index >= 15 is 0 Å². The predicted molar refractivity (Wildman–Crippen MR) is 132 cm³/mol. The van der Waals surface area contributed by atoms with Gasteiger partial charge in [-0.1, -0.05) is 36.4 Å². The van der Waals surface area contributed by atoms with E-state index in [1.54, 1.807) is 48.5 Å². The number of hydrogen-bond acceptors (Lipinski definition) is 7. The number of hydrogen-bond donors (Lipinski definition) is 2. The molecule has 2 N–H and O–H groups in total.